The van der Waals surface area contributed by atoms with Crippen LogP contribution in [0.2, 0.25) is 0 Å². The number of fused-ring (bicyclic) bond motifs is 1. The van der Waals surface area contributed by atoms with Crippen molar-refractivity contribution >= 4 is 17.5 Å². The number of hydrogen-bond donors (Lipinski definition) is 0. The summed E-state index contributed by atoms with van der Waals surface area (Å²) in [6.07, 6.45) is 5.61. The van der Waals surface area contributed by atoms with Gasteiger partial charge in [-0.15, -0.1) is 0 Å². The lowest BCUT2D eigenvalue weighted by molar-refractivity contribution is 0.0409. The van der Waals surface area contributed by atoms with Gasteiger partial charge in [0.15, 0.2) is 5.65 Å². The molecule has 25 heavy (non-hydrogen) atoms. The molecule has 0 bridgehead atoms. The molecule has 2 aromatic heterocycles. The Bertz CT molecular complexity index is 734. The van der Waals surface area contributed by atoms with E-state index in [2.05, 4.69) is 15.0 Å². The van der Waals surface area contributed by atoms with Crippen LogP contribution >= 0.6 is 0 Å². The van der Waals surface area contributed by atoms with Crippen LogP contribution in [0.5, 0.6) is 0 Å². The van der Waals surface area contributed by atoms with Crippen molar-refractivity contribution in [1.29, 1.82) is 0 Å². The average molecular weight is 344 g/mol. The summed E-state index contributed by atoms with van der Waals surface area (Å²) in [5, 5.41) is 4.18. The van der Waals surface area contributed by atoms with Gasteiger partial charge in [0, 0.05) is 51.5 Å². The highest BCUT2D eigenvalue weighted by atomic mass is 16.5. The predicted molar refractivity (Wildman–Crippen MR) is 93.8 cm³/mol. The number of carbonyl (C=O) groups is 1. The van der Waals surface area contributed by atoms with E-state index in [9.17, 15) is 4.79 Å². The van der Waals surface area contributed by atoms with E-state index in [1.54, 1.807) is 10.7 Å². The zero-order valence-corrected chi connectivity index (χ0v) is 14.5. The number of carbonyl (C=O) groups excluding carboxylic acids is 1. The molecule has 2 aliphatic rings. The third kappa shape index (κ3) is 3.26. The molecule has 8 nitrogen and oxygen atoms in total. The number of morpholine rings is 1. The summed E-state index contributed by atoms with van der Waals surface area (Å²) in [5.41, 5.74) is 0.860. The van der Waals surface area contributed by atoms with E-state index in [1.165, 1.54) is 0 Å². The summed E-state index contributed by atoms with van der Waals surface area (Å²) in [5.74, 6) is 0.980. The number of ether oxygens (including phenoxy) is 1. The molecule has 8 heteroatoms. The molecule has 0 unspecified atom stereocenters. The molecule has 2 amide bonds. The van der Waals surface area contributed by atoms with E-state index in [0.717, 1.165) is 37.4 Å². The number of piperidine rings is 1. The van der Waals surface area contributed by atoms with Crippen molar-refractivity contribution in [1.82, 2.24) is 24.4 Å². The number of amides is 2. The summed E-state index contributed by atoms with van der Waals surface area (Å²) in [4.78, 5) is 23.4. The quantitative estimate of drug-likeness (QED) is 0.816. The molecule has 0 N–H and O–H groups in total. The second-order valence-corrected chi connectivity index (χ2v) is 6.63. The summed E-state index contributed by atoms with van der Waals surface area (Å²) in [6.45, 7) is 4.47. The SMILES string of the molecule is CN(C(=O)N1CCOCC1)C1CCN(c2ccn3nccc3n2)CC1. The van der Waals surface area contributed by atoms with Crippen molar-refractivity contribution in [2.75, 3.05) is 51.3 Å². The zero-order valence-electron chi connectivity index (χ0n) is 14.5. The lowest BCUT2D eigenvalue weighted by Crippen LogP contribution is -2.52. The van der Waals surface area contributed by atoms with Gasteiger partial charge in [-0.1, -0.05) is 0 Å². The molecule has 2 aliphatic heterocycles. The normalized spacial score (nSPS) is 19.4. The van der Waals surface area contributed by atoms with Crippen LogP contribution in [0.3, 0.4) is 0 Å². The Morgan fingerprint density at radius 2 is 1.96 bits per heavy atom. The molecule has 0 aliphatic carbocycles. The molecule has 4 rings (SSSR count). The van der Waals surface area contributed by atoms with Crippen LogP contribution in [-0.4, -0.2) is 82.9 Å². The minimum Gasteiger partial charge on any atom is -0.378 e. The highest BCUT2D eigenvalue weighted by Gasteiger charge is 2.29. The lowest BCUT2D eigenvalue weighted by atomic mass is 10.0. The van der Waals surface area contributed by atoms with Gasteiger partial charge in [-0.25, -0.2) is 14.3 Å². The van der Waals surface area contributed by atoms with Crippen molar-refractivity contribution < 1.29 is 9.53 Å². The largest absolute Gasteiger partial charge is 0.378 e. The van der Waals surface area contributed by atoms with Crippen LogP contribution in [0, 0.1) is 0 Å². The minimum atomic E-state index is 0.126. The molecule has 2 aromatic rings. The Morgan fingerprint density at radius 3 is 2.72 bits per heavy atom. The molecule has 134 valence electrons. The maximum Gasteiger partial charge on any atom is 0.320 e. The highest BCUT2D eigenvalue weighted by molar-refractivity contribution is 5.74. The first kappa shape index (κ1) is 16.1. The average Bonchev–Trinajstić information content (AvgIpc) is 3.15. The molecule has 2 saturated heterocycles. The maximum absolute atomic E-state index is 12.6. The Kier molecular flexibility index (Phi) is 4.44. The van der Waals surface area contributed by atoms with Crippen LogP contribution in [0.4, 0.5) is 10.6 Å². The van der Waals surface area contributed by atoms with E-state index in [1.807, 2.05) is 35.2 Å². The summed E-state index contributed by atoms with van der Waals surface area (Å²) in [7, 11) is 1.93. The fourth-order valence-electron chi connectivity index (χ4n) is 3.59. The van der Waals surface area contributed by atoms with Gasteiger partial charge in [0.2, 0.25) is 0 Å². The van der Waals surface area contributed by atoms with E-state index >= 15 is 0 Å². The third-order valence-corrected chi connectivity index (χ3v) is 5.16. The van der Waals surface area contributed by atoms with Crippen LogP contribution in [0.1, 0.15) is 12.8 Å². The summed E-state index contributed by atoms with van der Waals surface area (Å²) < 4.78 is 7.10. The van der Waals surface area contributed by atoms with Gasteiger partial charge in [0.1, 0.15) is 5.82 Å². The molecule has 0 spiro atoms. The molecule has 0 saturated carbocycles. The Labute approximate surface area is 147 Å². The van der Waals surface area contributed by atoms with E-state index < -0.39 is 0 Å². The molecule has 2 fully saturated rings. The number of urea groups is 1. The monoisotopic (exact) mass is 344 g/mol. The van der Waals surface area contributed by atoms with Gasteiger partial charge in [-0.3, -0.25) is 0 Å². The predicted octanol–water partition coefficient (Wildman–Crippen LogP) is 1.08. The van der Waals surface area contributed by atoms with Crippen molar-refractivity contribution in [2.45, 2.75) is 18.9 Å². The topological polar surface area (TPSA) is 66.2 Å². The first-order valence-corrected chi connectivity index (χ1v) is 8.87. The van der Waals surface area contributed by atoms with Gasteiger partial charge in [-0.05, 0) is 18.9 Å². The first-order chi connectivity index (χ1) is 12.2. The van der Waals surface area contributed by atoms with Crippen LogP contribution in [0.25, 0.3) is 5.65 Å². The van der Waals surface area contributed by atoms with E-state index in [0.29, 0.717) is 26.3 Å². The van der Waals surface area contributed by atoms with E-state index in [-0.39, 0.29) is 12.1 Å². The second-order valence-electron chi connectivity index (χ2n) is 6.63. The van der Waals surface area contributed by atoms with Crippen LogP contribution < -0.4 is 4.90 Å². The van der Waals surface area contributed by atoms with Gasteiger partial charge in [0.05, 0.1) is 19.4 Å². The fourth-order valence-corrected chi connectivity index (χ4v) is 3.59. The molecular weight excluding hydrogens is 320 g/mol. The molecular formula is C17H24N6O2. The summed E-state index contributed by atoms with van der Waals surface area (Å²) >= 11 is 0. The maximum atomic E-state index is 12.6. The van der Waals surface area contributed by atoms with Gasteiger partial charge in [-0.2, -0.15) is 5.10 Å². The fraction of sp³-hybridized carbons (Fsp3) is 0.588. The third-order valence-electron chi connectivity index (χ3n) is 5.16. The van der Waals surface area contributed by atoms with Gasteiger partial charge in [0.25, 0.3) is 0 Å². The van der Waals surface area contributed by atoms with Crippen molar-refractivity contribution in [3.8, 4) is 0 Å². The van der Waals surface area contributed by atoms with Crippen molar-refractivity contribution in [3.05, 3.63) is 24.5 Å². The molecule has 0 aromatic carbocycles. The minimum absolute atomic E-state index is 0.126. The van der Waals surface area contributed by atoms with Gasteiger partial charge < -0.3 is 19.4 Å². The van der Waals surface area contributed by atoms with Crippen LogP contribution in [0.15, 0.2) is 24.5 Å². The lowest BCUT2D eigenvalue weighted by Gasteiger charge is -2.39. The number of hydrogen-bond acceptors (Lipinski definition) is 5. The number of nitrogens with zero attached hydrogens (tertiary/aromatic N) is 6. The highest BCUT2D eigenvalue weighted by Crippen LogP contribution is 2.22. The standard InChI is InChI=1S/C17H24N6O2/c1-20(17(24)22-10-12-25-13-11-22)14-3-7-21(8-4-14)15-5-9-23-16(19-15)2-6-18-23/h2,5-6,9,14H,3-4,7-8,10-13H2,1H3. The van der Waals surface area contributed by atoms with Crippen LogP contribution in [-0.2, 0) is 4.74 Å². The Morgan fingerprint density at radius 1 is 1.20 bits per heavy atom. The number of anilines is 1. The summed E-state index contributed by atoms with van der Waals surface area (Å²) in [6, 6.07) is 4.32. The van der Waals surface area contributed by atoms with Gasteiger partial charge >= 0.3 is 6.03 Å². The Balaban J connectivity index is 1.36. The second kappa shape index (κ2) is 6.87. The number of aromatic nitrogens is 3. The smallest absolute Gasteiger partial charge is 0.320 e. The Hall–Kier alpha value is -2.35. The molecule has 4 heterocycles. The zero-order chi connectivity index (χ0) is 17.2. The molecule has 0 atom stereocenters. The first-order valence-electron chi connectivity index (χ1n) is 8.87. The number of rotatable bonds is 2. The van der Waals surface area contributed by atoms with Crippen molar-refractivity contribution in [2.24, 2.45) is 0 Å². The van der Waals surface area contributed by atoms with E-state index in [4.69, 9.17) is 4.74 Å². The molecule has 0 radical (unpaired) electrons. The van der Waals surface area contributed by atoms with Crippen molar-refractivity contribution in [3.63, 3.8) is 0 Å².